The Kier molecular flexibility index (Phi) is 6.80. The van der Waals surface area contributed by atoms with E-state index in [2.05, 4.69) is 102 Å². The predicted molar refractivity (Wildman–Crippen MR) is 187 cm³/mol. The number of hydrogen-bond donors (Lipinski definition) is 0. The minimum absolute atomic E-state index is 0.754. The largest absolute Gasteiger partial charge is 0.155 e. The van der Waals surface area contributed by atoms with Crippen LogP contribution in [-0.4, -0.2) is 64.6 Å². The van der Waals surface area contributed by atoms with Crippen molar-refractivity contribution in [2.75, 3.05) is 11.5 Å². The zero-order valence-electron chi connectivity index (χ0n) is 26.3. The van der Waals surface area contributed by atoms with Crippen molar-refractivity contribution < 1.29 is 0 Å². The molecule has 11 fully saturated rings. The summed E-state index contributed by atoms with van der Waals surface area (Å²) < 4.78 is 1.51. The normalized spacial score (nSPS) is 47.7. The summed E-state index contributed by atoms with van der Waals surface area (Å²) in [4.78, 5) is 0. The average Bonchev–Trinajstić information content (AvgIpc) is 2.62. The van der Waals surface area contributed by atoms with Gasteiger partial charge in [0.25, 0.3) is 0 Å². The zero-order valence-corrected chi connectivity index (χ0v) is 33.9. The highest BCUT2D eigenvalue weighted by molar-refractivity contribution is 8.01. The molecule has 0 aromatic rings. The van der Waals surface area contributed by atoms with Crippen molar-refractivity contribution in [3.8, 4) is 0 Å². The van der Waals surface area contributed by atoms with E-state index in [9.17, 15) is 0 Å². The maximum Gasteiger partial charge on any atom is 0.0384 e. The van der Waals surface area contributed by atoms with E-state index in [0.29, 0.717) is 0 Å². The van der Waals surface area contributed by atoms with E-state index in [-0.39, 0.29) is 0 Å². The highest BCUT2D eigenvalue weighted by Crippen LogP contribution is 2.91. The van der Waals surface area contributed by atoms with Crippen LogP contribution in [0.4, 0.5) is 0 Å². The van der Waals surface area contributed by atoms with Crippen LogP contribution in [-0.2, 0) is 0 Å². The molecule has 5 aliphatic heterocycles. The summed E-state index contributed by atoms with van der Waals surface area (Å²) >= 11 is 4.91. The van der Waals surface area contributed by atoms with Gasteiger partial charge in [0.15, 0.2) is 0 Å². The van der Waals surface area contributed by atoms with Crippen LogP contribution in [0.25, 0.3) is 0 Å². The molecule has 36 heavy (non-hydrogen) atoms. The van der Waals surface area contributed by atoms with Crippen molar-refractivity contribution in [3.05, 3.63) is 0 Å². The van der Waals surface area contributed by atoms with Gasteiger partial charge in [-0.2, -0.15) is 23.5 Å². The second kappa shape index (κ2) is 8.30. The molecule has 208 valence electrons. The SMILES string of the molecule is C[Si]1(C)CCCSC23CC(C2)(C3)C23CC(C2)(C3)SCCC[Si](C)(C)[Si](C)(C)[Si](C)(C)[Si](C)(C)[Si]1(C)C. The second-order valence-corrected chi connectivity index (χ2v) is 86.9. The standard InChI is InChI=1S/C28H60S2Si6/c1-31(2)17-13-15-29-27-19-25(20-27,21-27)26-22-28(23-26,24-26)30-16-14-18-32(3,4)34(7,8)36(11,12)35(9,10)33(31,5)6/h13-24H2,1-12H3. The summed E-state index contributed by atoms with van der Waals surface area (Å²) in [5, 5.41) is 0. The molecule has 4 bridgehead atoms. The van der Waals surface area contributed by atoms with E-state index in [1.807, 2.05) is 0 Å². The highest BCUT2D eigenvalue weighted by Gasteiger charge is 2.84. The first-order chi connectivity index (χ1) is 16.2. The van der Waals surface area contributed by atoms with E-state index in [0.717, 1.165) is 20.3 Å². The fourth-order valence-electron chi connectivity index (χ4n) is 10.3. The summed E-state index contributed by atoms with van der Waals surface area (Å²) in [6, 6.07) is 3.27. The Balaban J connectivity index is 1.38. The molecular weight excluding hydrogens is 569 g/mol. The van der Waals surface area contributed by atoms with Gasteiger partial charge in [-0.3, -0.25) is 0 Å². The molecule has 0 aromatic heterocycles. The van der Waals surface area contributed by atoms with E-state index < -0.39 is 43.6 Å². The Morgan fingerprint density at radius 3 is 0.972 bits per heavy atom. The molecule has 6 aliphatic carbocycles. The molecule has 0 atom stereocenters. The van der Waals surface area contributed by atoms with Crippen molar-refractivity contribution in [3.63, 3.8) is 0 Å². The smallest absolute Gasteiger partial charge is 0.0384 e. The quantitative estimate of drug-likeness (QED) is 0.245. The minimum Gasteiger partial charge on any atom is -0.155 e. The fourth-order valence-corrected chi connectivity index (χ4v) is 168. The lowest BCUT2D eigenvalue weighted by Crippen LogP contribution is -2.88. The van der Waals surface area contributed by atoms with Gasteiger partial charge in [0.2, 0.25) is 0 Å². The van der Waals surface area contributed by atoms with Crippen molar-refractivity contribution in [2.45, 2.75) is 152 Å². The predicted octanol–water partition coefficient (Wildman–Crippen LogP) is 9.73. The molecule has 6 saturated carbocycles. The van der Waals surface area contributed by atoms with Gasteiger partial charge in [0, 0.05) is 53.1 Å². The van der Waals surface area contributed by atoms with Gasteiger partial charge in [-0.1, -0.05) is 90.7 Å². The van der Waals surface area contributed by atoms with Gasteiger partial charge < -0.3 is 0 Å². The van der Waals surface area contributed by atoms with Crippen molar-refractivity contribution >= 4 is 67.1 Å². The molecule has 11 aliphatic rings. The molecule has 5 heterocycles. The van der Waals surface area contributed by atoms with Gasteiger partial charge in [0.1, 0.15) is 0 Å². The van der Waals surface area contributed by atoms with Crippen LogP contribution < -0.4 is 0 Å². The van der Waals surface area contributed by atoms with Gasteiger partial charge in [-0.25, -0.2) is 0 Å². The van der Waals surface area contributed by atoms with Crippen molar-refractivity contribution in [1.29, 1.82) is 0 Å². The van der Waals surface area contributed by atoms with E-state index >= 15 is 0 Å². The van der Waals surface area contributed by atoms with Crippen LogP contribution in [0, 0.1) is 10.8 Å². The third-order valence-electron chi connectivity index (χ3n) is 15.9. The Hall–Kier alpha value is 2.00. The van der Waals surface area contributed by atoms with Gasteiger partial charge >= 0.3 is 0 Å². The Bertz CT molecular complexity index is 807. The Morgan fingerprint density at radius 2 is 0.694 bits per heavy atom. The monoisotopic (exact) mass is 628 g/mol. The number of rotatable bonds is 0. The maximum atomic E-state index is 2.97. The topological polar surface area (TPSA) is 0 Å². The molecule has 0 N–H and O–H groups in total. The maximum absolute atomic E-state index is 2.97. The molecule has 11 rings (SSSR count). The van der Waals surface area contributed by atoms with Gasteiger partial charge in [-0.15, -0.1) is 0 Å². The van der Waals surface area contributed by atoms with Crippen LogP contribution in [0.15, 0.2) is 0 Å². The number of hydrogen-bond acceptors (Lipinski definition) is 2. The van der Waals surface area contributed by atoms with Crippen molar-refractivity contribution in [2.24, 2.45) is 10.8 Å². The number of thioether (sulfide) groups is 2. The Morgan fingerprint density at radius 1 is 0.417 bits per heavy atom. The molecule has 8 heteroatoms. The molecule has 0 spiro atoms. The first kappa shape index (κ1) is 29.5. The molecule has 0 unspecified atom stereocenters. The van der Waals surface area contributed by atoms with E-state index in [4.69, 9.17) is 0 Å². The van der Waals surface area contributed by atoms with Crippen LogP contribution in [0.3, 0.4) is 0 Å². The zero-order chi connectivity index (χ0) is 26.9. The van der Waals surface area contributed by atoms with Crippen LogP contribution in [0.1, 0.15) is 51.4 Å². The molecule has 5 saturated heterocycles. The summed E-state index contributed by atoms with van der Waals surface area (Å²) in [5.74, 6) is 2.96. The fraction of sp³-hybridized carbons (Fsp3) is 1.00. The summed E-state index contributed by atoms with van der Waals surface area (Å²) in [6.45, 7) is 35.1. The van der Waals surface area contributed by atoms with Crippen LogP contribution in [0.2, 0.25) is 90.7 Å². The van der Waals surface area contributed by atoms with E-state index in [1.54, 1.807) is 50.6 Å². The molecule has 0 radical (unpaired) electrons. The minimum atomic E-state index is -1.27. The second-order valence-electron chi connectivity index (χ2n) is 18.2. The van der Waals surface area contributed by atoms with E-state index in [1.165, 1.54) is 24.3 Å². The molecular formula is C28H60S2Si6. The van der Waals surface area contributed by atoms with Crippen LogP contribution >= 0.6 is 23.5 Å². The summed E-state index contributed by atoms with van der Waals surface area (Å²) in [7, 11) is -7.38. The highest BCUT2D eigenvalue weighted by atomic mass is 32.2. The molecule has 0 amide bonds. The molecule has 0 nitrogen and oxygen atoms in total. The van der Waals surface area contributed by atoms with Gasteiger partial charge in [0.05, 0.1) is 0 Å². The van der Waals surface area contributed by atoms with Crippen molar-refractivity contribution in [1.82, 2.24) is 0 Å². The first-order valence-corrected chi connectivity index (χ1v) is 40.8. The lowest BCUT2D eigenvalue weighted by Gasteiger charge is -2.87. The first-order valence-electron chi connectivity index (χ1n) is 15.4. The summed E-state index contributed by atoms with van der Waals surface area (Å²) in [6.07, 6.45) is 12.8. The Labute approximate surface area is 239 Å². The average molecular weight is 629 g/mol. The van der Waals surface area contributed by atoms with Gasteiger partial charge in [-0.05, 0) is 73.7 Å². The summed E-state index contributed by atoms with van der Waals surface area (Å²) in [5.41, 5.74) is 1.67. The lowest BCUT2D eigenvalue weighted by molar-refractivity contribution is -0.283. The molecule has 0 aromatic carbocycles. The lowest BCUT2D eigenvalue weighted by atomic mass is 9.23. The third-order valence-corrected chi connectivity index (χ3v) is 141. The third kappa shape index (κ3) is 3.64. The van der Waals surface area contributed by atoms with Crippen LogP contribution in [0.5, 0.6) is 0 Å².